The first-order valence-electron chi connectivity index (χ1n) is 7.99. The van der Waals surface area contributed by atoms with E-state index in [4.69, 9.17) is 5.11 Å². The average molecular weight is 333 g/mol. The van der Waals surface area contributed by atoms with E-state index in [9.17, 15) is 9.90 Å². The second-order valence-corrected chi connectivity index (χ2v) is 5.96. The van der Waals surface area contributed by atoms with E-state index in [1.165, 1.54) is 17.7 Å². The zero-order valence-corrected chi connectivity index (χ0v) is 13.9. The van der Waals surface area contributed by atoms with Crippen LogP contribution in [-0.4, -0.2) is 16.2 Å². The zero-order chi connectivity index (χ0) is 17.8. The third kappa shape index (κ3) is 3.98. The van der Waals surface area contributed by atoms with Gasteiger partial charge in [-0.1, -0.05) is 36.4 Å². The number of anilines is 1. The number of benzene rings is 3. The molecule has 0 aliphatic rings. The molecule has 0 aliphatic carbocycles. The Kier molecular flexibility index (Phi) is 4.70. The molecule has 0 saturated heterocycles. The van der Waals surface area contributed by atoms with Crippen molar-refractivity contribution in [1.29, 1.82) is 0 Å². The number of hydrogen-bond donors (Lipinski definition) is 3. The molecule has 0 spiro atoms. The Balaban J connectivity index is 1.79. The van der Waals surface area contributed by atoms with E-state index >= 15 is 0 Å². The molecule has 4 nitrogen and oxygen atoms in total. The minimum atomic E-state index is -1.14. The molecule has 3 N–H and O–H groups in total. The Labute approximate surface area is 146 Å². The molecule has 25 heavy (non-hydrogen) atoms. The Morgan fingerprint density at radius 1 is 0.960 bits per heavy atom. The van der Waals surface area contributed by atoms with Crippen molar-refractivity contribution in [2.24, 2.45) is 0 Å². The van der Waals surface area contributed by atoms with Crippen molar-refractivity contribution in [3.63, 3.8) is 0 Å². The monoisotopic (exact) mass is 333 g/mol. The average Bonchev–Trinajstić information content (AvgIpc) is 2.60. The number of nitrogens with one attached hydrogen (secondary N) is 1. The third-order valence-corrected chi connectivity index (χ3v) is 4.00. The number of hydrogen-bond acceptors (Lipinski definition) is 3. The van der Waals surface area contributed by atoms with Crippen LogP contribution in [0.5, 0.6) is 5.75 Å². The van der Waals surface area contributed by atoms with Gasteiger partial charge in [0.25, 0.3) is 0 Å². The molecule has 3 aromatic carbocycles. The molecule has 0 radical (unpaired) electrons. The second-order valence-electron chi connectivity index (χ2n) is 5.96. The molecule has 0 heterocycles. The van der Waals surface area contributed by atoms with Crippen molar-refractivity contribution in [3.05, 3.63) is 83.4 Å². The van der Waals surface area contributed by atoms with Gasteiger partial charge in [-0.25, -0.2) is 4.79 Å². The quantitative estimate of drug-likeness (QED) is 0.634. The molecule has 4 heteroatoms. The van der Waals surface area contributed by atoms with Crippen LogP contribution in [0.1, 0.15) is 21.5 Å². The van der Waals surface area contributed by atoms with Crippen molar-refractivity contribution < 1.29 is 15.0 Å². The maximum Gasteiger partial charge on any atom is 0.339 e. The number of phenols is 1. The molecule has 0 unspecified atom stereocenters. The molecule has 0 atom stereocenters. The number of aromatic carboxylic acids is 1. The van der Waals surface area contributed by atoms with E-state index in [1.54, 1.807) is 6.07 Å². The van der Waals surface area contributed by atoms with Crippen molar-refractivity contribution >= 4 is 11.7 Å². The summed E-state index contributed by atoms with van der Waals surface area (Å²) in [6.07, 6.45) is 0. The van der Waals surface area contributed by atoms with Gasteiger partial charge in [0.15, 0.2) is 0 Å². The van der Waals surface area contributed by atoms with Crippen molar-refractivity contribution in [2.45, 2.75) is 13.5 Å². The maximum absolute atomic E-state index is 11.0. The fourth-order valence-electron chi connectivity index (χ4n) is 2.71. The van der Waals surface area contributed by atoms with E-state index in [2.05, 4.69) is 24.4 Å². The van der Waals surface area contributed by atoms with Gasteiger partial charge in [0.05, 0.1) is 0 Å². The van der Waals surface area contributed by atoms with E-state index in [0.29, 0.717) is 6.54 Å². The highest BCUT2D eigenvalue weighted by molar-refractivity contribution is 5.91. The molecule has 0 saturated carbocycles. The summed E-state index contributed by atoms with van der Waals surface area (Å²) in [4.78, 5) is 11.0. The minimum Gasteiger partial charge on any atom is -0.507 e. The van der Waals surface area contributed by atoms with Crippen LogP contribution >= 0.6 is 0 Å². The van der Waals surface area contributed by atoms with Crippen LogP contribution in [0.4, 0.5) is 5.69 Å². The summed E-state index contributed by atoms with van der Waals surface area (Å²) >= 11 is 0. The summed E-state index contributed by atoms with van der Waals surface area (Å²) in [5.74, 6) is -1.37. The number of carbonyl (C=O) groups is 1. The highest BCUT2D eigenvalue weighted by atomic mass is 16.4. The molecular weight excluding hydrogens is 314 g/mol. The standard InChI is InChI=1S/C21H19NO3/c1-14-4-2-7-18(10-14)22-13-15-5-3-6-16(11-15)17-8-9-19(21(24)25)20(23)12-17/h2-12,22-23H,13H2,1H3,(H,24,25). The fraction of sp³-hybridized carbons (Fsp3) is 0.0952. The molecule has 126 valence electrons. The Morgan fingerprint density at radius 3 is 2.44 bits per heavy atom. The number of carboxylic acids is 1. The van der Waals surface area contributed by atoms with Gasteiger partial charge in [-0.05, 0) is 59.5 Å². The number of rotatable bonds is 5. The third-order valence-electron chi connectivity index (χ3n) is 4.00. The second kappa shape index (κ2) is 7.09. The van der Waals surface area contributed by atoms with Crippen LogP contribution in [0.25, 0.3) is 11.1 Å². The van der Waals surface area contributed by atoms with Crippen LogP contribution in [0.3, 0.4) is 0 Å². The van der Waals surface area contributed by atoms with Crippen LogP contribution in [0.2, 0.25) is 0 Å². The van der Waals surface area contributed by atoms with Gasteiger partial charge in [-0.15, -0.1) is 0 Å². The van der Waals surface area contributed by atoms with Crippen LogP contribution in [-0.2, 0) is 6.54 Å². The van der Waals surface area contributed by atoms with Gasteiger partial charge in [-0.3, -0.25) is 0 Å². The lowest BCUT2D eigenvalue weighted by Crippen LogP contribution is -2.00. The maximum atomic E-state index is 11.0. The van der Waals surface area contributed by atoms with E-state index in [0.717, 1.165) is 22.4 Å². The first-order chi connectivity index (χ1) is 12.0. The van der Waals surface area contributed by atoms with Crippen LogP contribution in [0, 0.1) is 6.92 Å². The van der Waals surface area contributed by atoms with E-state index in [-0.39, 0.29) is 11.3 Å². The highest BCUT2D eigenvalue weighted by Crippen LogP contribution is 2.27. The molecule has 0 aliphatic heterocycles. The van der Waals surface area contributed by atoms with Crippen LogP contribution in [0.15, 0.2) is 66.7 Å². The van der Waals surface area contributed by atoms with Gasteiger partial charge in [0.1, 0.15) is 11.3 Å². The number of aryl methyl sites for hydroxylation is 1. The van der Waals surface area contributed by atoms with Gasteiger partial charge in [0, 0.05) is 12.2 Å². The lowest BCUT2D eigenvalue weighted by molar-refractivity contribution is 0.0694. The molecule has 3 rings (SSSR count). The topological polar surface area (TPSA) is 69.6 Å². The summed E-state index contributed by atoms with van der Waals surface area (Å²) in [5, 5.41) is 22.3. The number of carboxylic acid groups (broad SMARTS) is 1. The smallest absolute Gasteiger partial charge is 0.339 e. The first kappa shape index (κ1) is 16.6. The van der Waals surface area contributed by atoms with E-state index < -0.39 is 5.97 Å². The number of aromatic hydroxyl groups is 1. The van der Waals surface area contributed by atoms with E-state index in [1.807, 2.05) is 36.4 Å². The molecular formula is C21H19NO3. The first-order valence-corrected chi connectivity index (χ1v) is 7.99. The fourth-order valence-corrected chi connectivity index (χ4v) is 2.71. The van der Waals surface area contributed by atoms with Crippen molar-refractivity contribution in [2.75, 3.05) is 5.32 Å². The van der Waals surface area contributed by atoms with Gasteiger partial charge in [-0.2, -0.15) is 0 Å². The Bertz CT molecular complexity index is 919. The molecule has 0 fully saturated rings. The van der Waals surface area contributed by atoms with Crippen molar-refractivity contribution in [3.8, 4) is 16.9 Å². The lowest BCUT2D eigenvalue weighted by atomic mass is 10.0. The zero-order valence-electron chi connectivity index (χ0n) is 13.9. The van der Waals surface area contributed by atoms with Gasteiger partial charge < -0.3 is 15.5 Å². The summed E-state index contributed by atoms with van der Waals surface area (Å²) < 4.78 is 0. The Hall–Kier alpha value is -3.27. The molecule has 0 bridgehead atoms. The Morgan fingerprint density at radius 2 is 1.72 bits per heavy atom. The van der Waals surface area contributed by atoms with Gasteiger partial charge in [0.2, 0.25) is 0 Å². The predicted molar refractivity (Wildman–Crippen MR) is 99.0 cm³/mol. The largest absolute Gasteiger partial charge is 0.507 e. The van der Waals surface area contributed by atoms with Gasteiger partial charge >= 0.3 is 5.97 Å². The predicted octanol–water partition coefficient (Wildman–Crippen LogP) is 4.68. The summed E-state index contributed by atoms with van der Waals surface area (Å²) in [6, 6.07) is 20.7. The summed E-state index contributed by atoms with van der Waals surface area (Å²) in [7, 11) is 0. The summed E-state index contributed by atoms with van der Waals surface area (Å²) in [6.45, 7) is 2.73. The molecule has 0 amide bonds. The molecule has 3 aromatic rings. The lowest BCUT2D eigenvalue weighted by Gasteiger charge is -2.10. The molecule has 0 aromatic heterocycles. The minimum absolute atomic E-state index is 0.0963. The van der Waals surface area contributed by atoms with Crippen molar-refractivity contribution in [1.82, 2.24) is 0 Å². The highest BCUT2D eigenvalue weighted by Gasteiger charge is 2.10. The normalized spacial score (nSPS) is 10.4. The summed E-state index contributed by atoms with van der Waals surface area (Å²) in [5.41, 5.74) is 4.97. The SMILES string of the molecule is Cc1cccc(NCc2cccc(-c3ccc(C(=O)O)c(O)c3)c2)c1. The van der Waals surface area contributed by atoms with Crippen LogP contribution < -0.4 is 5.32 Å².